The molecule has 0 aliphatic carbocycles. The minimum atomic E-state index is -0.0952. The number of methoxy groups -OCH3 is 2. The van der Waals surface area contributed by atoms with Crippen molar-refractivity contribution in [1.29, 1.82) is 0 Å². The smallest absolute Gasteiger partial charge is 0.131 e. The van der Waals surface area contributed by atoms with Gasteiger partial charge >= 0.3 is 0 Å². The number of benzene rings is 2. The molecule has 2 aromatic carbocycles. The molecule has 20 heavy (non-hydrogen) atoms. The molecule has 0 amide bonds. The summed E-state index contributed by atoms with van der Waals surface area (Å²) in [5, 5.41) is 2.20. The van der Waals surface area contributed by atoms with Gasteiger partial charge in [-0.3, -0.25) is 0 Å². The molecule has 0 fully saturated rings. The summed E-state index contributed by atoms with van der Waals surface area (Å²) in [6.45, 7) is 0.930. The molecule has 0 aliphatic heterocycles. The van der Waals surface area contributed by atoms with E-state index in [2.05, 4.69) is 12.1 Å². The molecule has 0 saturated heterocycles. The fourth-order valence-corrected chi connectivity index (χ4v) is 2.32. The van der Waals surface area contributed by atoms with Crippen LogP contribution in [-0.2, 0) is 15.4 Å². The molecular weight excluding hydrogens is 276 g/mol. The topological polar surface area (TPSA) is 27.7 Å². The van der Waals surface area contributed by atoms with Crippen molar-refractivity contribution in [2.24, 2.45) is 0 Å². The second kappa shape index (κ2) is 7.48. The zero-order valence-corrected chi connectivity index (χ0v) is 12.5. The van der Waals surface area contributed by atoms with E-state index in [1.165, 1.54) is 0 Å². The summed E-state index contributed by atoms with van der Waals surface area (Å²) < 4.78 is 16.4. The third-order valence-corrected chi connectivity index (χ3v) is 3.49. The van der Waals surface area contributed by atoms with Gasteiger partial charge in [-0.25, -0.2) is 0 Å². The van der Waals surface area contributed by atoms with Crippen LogP contribution in [0.3, 0.4) is 0 Å². The zero-order valence-electron chi connectivity index (χ0n) is 11.8. The van der Waals surface area contributed by atoms with Crippen LogP contribution in [0.2, 0.25) is 0 Å². The van der Waals surface area contributed by atoms with Gasteiger partial charge in [0.1, 0.15) is 18.5 Å². The fourth-order valence-electron chi connectivity index (χ4n) is 2.11. The highest BCUT2D eigenvalue weighted by Crippen LogP contribution is 2.31. The van der Waals surface area contributed by atoms with Crippen molar-refractivity contribution >= 4 is 22.4 Å². The van der Waals surface area contributed by atoms with Crippen molar-refractivity contribution < 1.29 is 14.2 Å². The summed E-state index contributed by atoms with van der Waals surface area (Å²) in [5.41, 5.74) is 0.984. The largest absolute Gasteiger partial charge is 0.490 e. The van der Waals surface area contributed by atoms with Crippen LogP contribution in [0, 0.1) is 0 Å². The van der Waals surface area contributed by atoms with Gasteiger partial charge in [-0.1, -0.05) is 36.4 Å². The minimum absolute atomic E-state index is 0.0952. The standard InChI is InChI=1S/C16H19ClO3/c1-18-10-14(19-2)11-20-16-13(9-17)8-7-12-5-3-4-6-15(12)16/h3-8,14H,9-11H2,1-2H3. The molecule has 2 aromatic rings. The monoisotopic (exact) mass is 294 g/mol. The first-order valence-electron chi connectivity index (χ1n) is 6.51. The number of ether oxygens (including phenoxy) is 3. The summed E-state index contributed by atoms with van der Waals surface area (Å²) in [6.07, 6.45) is -0.0952. The molecule has 3 nitrogen and oxygen atoms in total. The lowest BCUT2D eigenvalue weighted by atomic mass is 10.1. The first-order chi connectivity index (χ1) is 9.80. The van der Waals surface area contributed by atoms with Gasteiger partial charge in [-0.2, -0.15) is 0 Å². The maximum Gasteiger partial charge on any atom is 0.131 e. The molecule has 0 aromatic heterocycles. The number of rotatable bonds is 7. The molecule has 0 radical (unpaired) electrons. The molecule has 2 rings (SSSR count). The molecule has 108 valence electrons. The predicted molar refractivity (Wildman–Crippen MR) is 81.7 cm³/mol. The summed E-state index contributed by atoms with van der Waals surface area (Å²) in [6, 6.07) is 12.2. The molecule has 0 saturated carbocycles. The highest BCUT2D eigenvalue weighted by molar-refractivity contribution is 6.17. The highest BCUT2D eigenvalue weighted by atomic mass is 35.5. The van der Waals surface area contributed by atoms with Crippen LogP contribution >= 0.6 is 11.6 Å². The van der Waals surface area contributed by atoms with Crippen molar-refractivity contribution in [1.82, 2.24) is 0 Å². The Labute approximate surface area is 124 Å². The molecular formula is C16H19ClO3. The third kappa shape index (κ3) is 3.42. The molecule has 0 aliphatic rings. The average Bonchev–Trinajstić information content (AvgIpc) is 2.51. The van der Waals surface area contributed by atoms with E-state index in [1.54, 1.807) is 14.2 Å². The van der Waals surface area contributed by atoms with Crippen molar-refractivity contribution in [3.63, 3.8) is 0 Å². The second-order valence-corrected chi connectivity index (χ2v) is 4.80. The second-order valence-electron chi connectivity index (χ2n) is 4.53. The Morgan fingerprint density at radius 2 is 1.85 bits per heavy atom. The SMILES string of the molecule is COCC(COc1c(CCl)ccc2ccccc12)OC. The Balaban J connectivity index is 2.27. The average molecular weight is 295 g/mol. The van der Waals surface area contributed by atoms with Gasteiger partial charge in [-0.05, 0) is 5.39 Å². The summed E-state index contributed by atoms with van der Waals surface area (Å²) in [4.78, 5) is 0. The van der Waals surface area contributed by atoms with Crippen LogP contribution < -0.4 is 4.74 Å². The first kappa shape index (κ1) is 15.1. The Bertz CT molecular complexity index is 556. The van der Waals surface area contributed by atoms with E-state index >= 15 is 0 Å². The van der Waals surface area contributed by atoms with Gasteiger partial charge in [0.25, 0.3) is 0 Å². The van der Waals surface area contributed by atoms with E-state index in [4.69, 9.17) is 25.8 Å². The summed E-state index contributed by atoms with van der Waals surface area (Å²) >= 11 is 6.01. The van der Waals surface area contributed by atoms with Gasteiger partial charge in [-0.15, -0.1) is 11.6 Å². The van der Waals surface area contributed by atoms with Gasteiger partial charge in [0.15, 0.2) is 0 Å². The fraction of sp³-hybridized carbons (Fsp3) is 0.375. The molecule has 0 bridgehead atoms. The van der Waals surface area contributed by atoms with Crippen LogP contribution in [-0.4, -0.2) is 33.5 Å². The molecule has 1 unspecified atom stereocenters. The van der Waals surface area contributed by atoms with Crippen molar-refractivity contribution in [2.45, 2.75) is 12.0 Å². The van der Waals surface area contributed by atoms with E-state index in [0.717, 1.165) is 22.1 Å². The van der Waals surface area contributed by atoms with Crippen molar-refractivity contribution in [3.8, 4) is 5.75 Å². The van der Waals surface area contributed by atoms with Gasteiger partial charge < -0.3 is 14.2 Å². The number of hydrogen-bond acceptors (Lipinski definition) is 3. The molecule has 0 spiro atoms. The minimum Gasteiger partial charge on any atom is -0.490 e. The van der Waals surface area contributed by atoms with Gasteiger partial charge in [0.05, 0.1) is 12.5 Å². The molecule has 1 atom stereocenters. The zero-order chi connectivity index (χ0) is 14.4. The van der Waals surface area contributed by atoms with E-state index < -0.39 is 0 Å². The Morgan fingerprint density at radius 1 is 1.05 bits per heavy atom. The van der Waals surface area contributed by atoms with E-state index in [0.29, 0.717) is 19.1 Å². The van der Waals surface area contributed by atoms with Gasteiger partial charge in [0, 0.05) is 25.2 Å². The van der Waals surface area contributed by atoms with Crippen LogP contribution in [0.1, 0.15) is 5.56 Å². The Morgan fingerprint density at radius 3 is 2.55 bits per heavy atom. The molecule has 0 heterocycles. The van der Waals surface area contributed by atoms with Crippen molar-refractivity contribution in [2.75, 3.05) is 27.4 Å². The first-order valence-corrected chi connectivity index (χ1v) is 7.04. The Kier molecular flexibility index (Phi) is 5.65. The lowest BCUT2D eigenvalue weighted by Gasteiger charge is -2.18. The van der Waals surface area contributed by atoms with Crippen LogP contribution in [0.25, 0.3) is 10.8 Å². The summed E-state index contributed by atoms with van der Waals surface area (Å²) in [7, 11) is 3.30. The van der Waals surface area contributed by atoms with E-state index in [1.807, 2.05) is 24.3 Å². The lowest BCUT2D eigenvalue weighted by molar-refractivity contribution is 0.00105. The number of alkyl halides is 1. The number of fused-ring (bicyclic) bond motifs is 1. The highest BCUT2D eigenvalue weighted by Gasteiger charge is 2.12. The maximum atomic E-state index is 6.01. The van der Waals surface area contributed by atoms with E-state index in [-0.39, 0.29) is 6.10 Å². The van der Waals surface area contributed by atoms with Crippen LogP contribution in [0.4, 0.5) is 0 Å². The number of halogens is 1. The van der Waals surface area contributed by atoms with Crippen LogP contribution in [0.15, 0.2) is 36.4 Å². The van der Waals surface area contributed by atoms with E-state index in [9.17, 15) is 0 Å². The van der Waals surface area contributed by atoms with Gasteiger partial charge in [0.2, 0.25) is 0 Å². The molecule has 0 N–H and O–H groups in total. The quantitative estimate of drug-likeness (QED) is 0.730. The summed E-state index contributed by atoms with van der Waals surface area (Å²) in [5.74, 6) is 1.25. The third-order valence-electron chi connectivity index (χ3n) is 3.20. The predicted octanol–water partition coefficient (Wildman–Crippen LogP) is 3.62. The number of hydrogen-bond donors (Lipinski definition) is 0. The normalized spacial score (nSPS) is 12.6. The Hall–Kier alpha value is -1.29. The van der Waals surface area contributed by atoms with Crippen LogP contribution in [0.5, 0.6) is 5.75 Å². The maximum absolute atomic E-state index is 6.01. The van der Waals surface area contributed by atoms with Crippen molar-refractivity contribution in [3.05, 3.63) is 42.0 Å². The lowest BCUT2D eigenvalue weighted by Crippen LogP contribution is -2.25. The molecule has 4 heteroatoms.